The zero-order chi connectivity index (χ0) is 73.1. The number of rotatable bonds is 46. The molecule has 0 unspecified atom stereocenters. The Kier molecular flexibility index (Phi) is 41.5. The van der Waals surface area contributed by atoms with Crippen LogP contribution in [0.5, 0.6) is 11.5 Å². The van der Waals surface area contributed by atoms with Gasteiger partial charge in [-0.05, 0) is 126 Å². The number of unbranched alkanes of at least 4 members (excludes halogenated alkanes) is 21. The maximum atomic E-state index is 14.4. The smallest absolute Gasteiger partial charge is 0.460 e. The number of carbonyl (C=O) groups excluding carboxylic acids is 5. The summed E-state index contributed by atoms with van der Waals surface area (Å²) in [5.74, 6) is -38.7. The summed E-state index contributed by atoms with van der Waals surface area (Å²) in [6, 6.07) is 14.3. The Labute approximate surface area is 562 Å². The zero-order valence-corrected chi connectivity index (χ0v) is 56.3. The molecule has 0 saturated carbocycles. The molecule has 0 spiro atoms. The average molecular weight is 1400 g/mol. The molecular formula is C73H95F13O11. The van der Waals surface area contributed by atoms with Crippen molar-refractivity contribution in [2.24, 2.45) is 0 Å². The number of methoxy groups -OCH3 is 1. The van der Waals surface area contributed by atoms with Gasteiger partial charge in [-0.2, -0.15) is 57.1 Å². The zero-order valence-electron chi connectivity index (χ0n) is 56.3. The van der Waals surface area contributed by atoms with Gasteiger partial charge in [0.15, 0.2) is 5.78 Å². The van der Waals surface area contributed by atoms with Crippen molar-refractivity contribution in [3.63, 3.8) is 0 Å². The molecule has 0 N–H and O–H groups in total. The van der Waals surface area contributed by atoms with Gasteiger partial charge in [-0.25, -0.2) is 19.2 Å². The number of ketones is 1. The highest BCUT2D eigenvalue weighted by Crippen LogP contribution is 2.62. The van der Waals surface area contributed by atoms with E-state index in [1.165, 1.54) is 128 Å². The molecule has 0 amide bonds. The lowest BCUT2D eigenvalue weighted by molar-refractivity contribution is -0.441. The van der Waals surface area contributed by atoms with Crippen molar-refractivity contribution in [2.75, 3.05) is 40.1 Å². The molecule has 0 aromatic heterocycles. The van der Waals surface area contributed by atoms with E-state index in [2.05, 4.69) is 31.4 Å². The van der Waals surface area contributed by atoms with Crippen molar-refractivity contribution in [1.82, 2.24) is 0 Å². The molecule has 544 valence electrons. The van der Waals surface area contributed by atoms with Crippen molar-refractivity contribution in [2.45, 2.75) is 218 Å². The molecule has 3 aromatic carbocycles. The number of esters is 4. The number of alkyl halides is 13. The minimum atomic E-state index is -8.00. The van der Waals surface area contributed by atoms with E-state index in [0.29, 0.717) is 79.4 Å². The normalized spacial score (nSPS) is 12.0. The van der Waals surface area contributed by atoms with Gasteiger partial charge >= 0.3 is 59.7 Å². The van der Waals surface area contributed by atoms with E-state index in [-0.39, 0.29) is 36.6 Å². The van der Waals surface area contributed by atoms with Crippen molar-refractivity contribution < 1.29 is 109 Å². The largest absolute Gasteiger partial charge is 0.494 e. The first-order valence-corrected chi connectivity index (χ1v) is 32.6. The number of carbonyl (C=O) groups is 5. The third-order valence-corrected chi connectivity index (χ3v) is 14.6. The SMILES string of the molecule is C=C(C)C(=O)OCCCCCCCCCCCCCCCCCC.C=C(C)C(=O)OCCCCCCOc1ccc(/C=C/C(=O)OC)cc1.C=C(C)C(=O)OCCCCCCOc1ccc(/C=C/C(=O)c2ccc(C(F)(F)C(F)(F)C(F)(F)C(F)(F)C(F)(F)C(F)(F)F)cc2)cc1. The van der Waals surface area contributed by atoms with E-state index >= 15 is 0 Å². The maximum absolute atomic E-state index is 14.4. The summed E-state index contributed by atoms with van der Waals surface area (Å²) in [5, 5.41) is 0. The first-order chi connectivity index (χ1) is 45.6. The minimum Gasteiger partial charge on any atom is -0.494 e. The van der Waals surface area contributed by atoms with Gasteiger partial charge in [0.1, 0.15) is 11.5 Å². The molecule has 11 nitrogen and oxygen atoms in total. The molecule has 0 bridgehead atoms. The second-order valence-electron chi connectivity index (χ2n) is 23.2. The monoisotopic (exact) mass is 1390 g/mol. The van der Waals surface area contributed by atoms with Gasteiger partial charge < -0.3 is 28.4 Å². The summed E-state index contributed by atoms with van der Waals surface area (Å²) < 4.78 is 205. The molecule has 0 fully saturated rings. The van der Waals surface area contributed by atoms with Crippen LogP contribution in [0.3, 0.4) is 0 Å². The summed E-state index contributed by atoms with van der Waals surface area (Å²) >= 11 is 0. The number of ether oxygens (including phenoxy) is 6. The molecule has 3 aromatic rings. The summed E-state index contributed by atoms with van der Waals surface area (Å²) in [6.07, 6.45) is 26.2. The second kappa shape index (κ2) is 46.0. The van der Waals surface area contributed by atoms with Crippen molar-refractivity contribution >= 4 is 41.8 Å². The van der Waals surface area contributed by atoms with Crippen LogP contribution in [-0.4, -0.2) is 99.7 Å². The number of benzene rings is 3. The van der Waals surface area contributed by atoms with Gasteiger partial charge in [-0.3, -0.25) is 4.79 Å². The van der Waals surface area contributed by atoms with E-state index in [0.717, 1.165) is 62.3 Å². The Morgan fingerprint density at radius 2 is 0.680 bits per heavy atom. The van der Waals surface area contributed by atoms with E-state index in [1.54, 1.807) is 39.0 Å². The van der Waals surface area contributed by atoms with Gasteiger partial charge in [0.2, 0.25) is 0 Å². The highest BCUT2D eigenvalue weighted by atomic mass is 19.4. The number of hydrogen-bond donors (Lipinski definition) is 0. The minimum absolute atomic E-state index is 0.0737. The third-order valence-electron chi connectivity index (χ3n) is 14.6. The molecule has 97 heavy (non-hydrogen) atoms. The molecule has 0 saturated heterocycles. The fourth-order valence-corrected chi connectivity index (χ4v) is 8.66. The Hall–Kier alpha value is -7.40. The Morgan fingerprint density at radius 3 is 0.990 bits per heavy atom. The fraction of sp³-hybridized carbons (Fsp3) is 0.548. The van der Waals surface area contributed by atoms with Crippen LogP contribution in [0.4, 0.5) is 57.1 Å². The topological polar surface area (TPSA) is 141 Å². The maximum Gasteiger partial charge on any atom is 0.460 e. The summed E-state index contributed by atoms with van der Waals surface area (Å²) in [6.45, 7) is 20.0. The van der Waals surface area contributed by atoms with Gasteiger partial charge in [0.25, 0.3) is 0 Å². The van der Waals surface area contributed by atoms with Crippen molar-refractivity contribution in [3.05, 3.63) is 144 Å². The van der Waals surface area contributed by atoms with Crippen LogP contribution in [0, 0.1) is 0 Å². The molecule has 3 rings (SSSR count). The fourth-order valence-electron chi connectivity index (χ4n) is 8.66. The van der Waals surface area contributed by atoms with Crippen LogP contribution >= 0.6 is 0 Å². The summed E-state index contributed by atoms with van der Waals surface area (Å²) in [5.41, 5.74) is -0.107. The van der Waals surface area contributed by atoms with Crippen LogP contribution in [0.25, 0.3) is 12.2 Å². The number of hydrogen-bond acceptors (Lipinski definition) is 11. The average Bonchev–Trinajstić information content (AvgIpc) is 0.709. The lowest BCUT2D eigenvalue weighted by Gasteiger charge is -2.39. The van der Waals surface area contributed by atoms with E-state index < -0.39 is 58.7 Å². The first-order valence-electron chi connectivity index (χ1n) is 32.6. The Balaban J connectivity index is 0.000000806. The third kappa shape index (κ3) is 32.7. The van der Waals surface area contributed by atoms with Gasteiger partial charge in [0, 0.05) is 33.9 Å². The van der Waals surface area contributed by atoms with E-state index in [4.69, 9.17) is 23.7 Å². The molecule has 0 aliphatic rings. The molecule has 0 radical (unpaired) electrons. The highest BCUT2D eigenvalue weighted by molar-refractivity contribution is 6.06. The van der Waals surface area contributed by atoms with E-state index in [9.17, 15) is 81.0 Å². The Morgan fingerprint density at radius 1 is 0.381 bits per heavy atom. The summed E-state index contributed by atoms with van der Waals surface area (Å²) in [7, 11) is 1.35. The van der Waals surface area contributed by atoms with Crippen LogP contribution in [0.2, 0.25) is 0 Å². The van der Waals surface area contributed by atoms with Crippen molar-refractivity contribution in [3.8, 4) is 11.5 Å². The predicted molar refractivity (Wildman–Crippen MR) is 348 cm³/mol. The van der Waals surface area contributed by atoms with E-state index in [1.807, 2.05) is 24.3 Å². The Bertz CT molecular complexity index is 2890. The predicted octanol–water partition coefficient (Wildman–Crippen LogP) is 21.1. The van der Waals surface area contributed by atoms with Crippen LogP contribution in [0.1, 0.15) is 209 Å². The lowest BCUT2D eigenvalue weighted by Crippen LogP contribution is -2.69. The quantitative estimate of drug-likeness (QED) is 0.0133. The molecule has 0 atom stereocenters. The standard InChI is InChI=1S/C31H27F13O4.C22H42O2.C20H26O5/c1-19(2)25(46)48-18-6-4-3-5-17-47-23-14-7-20(8-15-23)9-16-24(45)21-10-12-22(13-11-21)26(32,33)27(34,35)28(36,37)29(38,39)30(40,41)31(42,43)44;1-4-5-6-7-8-9-10-11-12-13-14-15-16-17-18-19-20-24-22(23)21(2)3;1-16(2)20(22)25-15-7-5-4-6-14-24-18-11-8-17(9-12-18)10-13-19(21)23-3/h7-16H,1,3-6,17-18H2,2H3;2,4-20H2,1,3H3;8-13H,1,4-7,14-15H2,2-3H3/b16-9+;;13-10+. The first kappa shape index (κ1) is 87.6. The molecule has 0 heterocycles. The molecule has 0 aliphatic heterocycles. The highest BCUT2D eigenvalue weighted by Gasteiger charge is 2.91. The van der Waals surface area contributed by atoms with Crippen LogP contribution < -0.4 is 9.47 Å². The molecule has 0 aliphatic carbocycles. The van der Waals surface area contributed by atoms with Gasteiger partial charge in [0.05, 0.1) is 40.1 Å². The van der Waals surface area contributed by atoms with Gasteiger partial charge in [-0.15, -0.1) is 0 Å². The number of halogens is 13. The van der Waals surface area contributed by atoms with Crippen molar-refractivity contribution in [1.29, 1.82) is 0 Å². The van der Waals surface area contributed by atoms with Gasteiger partial charge in [-0.1, -0.05) is 178 Å². The second-order valence-corrected chi connectivity index (χ2v) is 23.2. The van der Waals surface area contributed by atoms with Crippen LogP contribution in [-0.2, 0) is 44.0 Å². The number of allylic oxidation sites excluding steroid dienone is 1. The van der Waals surface area contributed by atoms with Crippen LogP contribution in [0.15, 0.2) is 121 Å². The molecule has 24 heteroatoms. The lowest BCUT2D eigenvalue weighted by atomic mass is 9.90. The summed E-state index contributed by atoms with van der Waals surface area (Å²) in [4.78, 5) is 57.0. The molecular weight excluding hydrogens is 1300 g/mol.